The summed E-state index contributed by atoms with van der Waals surface area (Å²) in [5.74, 6) is -1.35. The molecule has 2 aliphatic rings. The fourth-order valence-electron chi connectivity index (χ4n) is 4.74. The molecule has 0 spiro atoms. The van der Waals surface area contributed by atoms with Gasteiger partial charge in [-0.15, -0.1) is 5.10 Å². The highest BCUT2D eigenvalue weighted by Crippen LogP contribution is 2.47. The van der Waals surface area contributed by atoms with Gasteiger partial charge < -0.3 is 20.5 Å². The third kappa shape index (κ3) is 3.77. The SMILES string of the molecule is O=C(Nc1cccnn1)C(COC(=O)C1(O)c2ccccc2-c2ccccc21)[C@H]1CCNC1. The van der Waals surface area contributed by atoms with Crippen molar-refractivity contribution in [1.29, 1.82) is 0 Å². The first-order valence-electron chi connectivity index (χ1n) is 11.0. The van der Waals surface area contributed by atoms with Crippen molar-refractivity contribution in [2.75, 3.05) is 25.0 Å². The normalized spacial score (nSPS) is 18.8. The minimum atomic E-state index is -1.92. The molecule has 1 aromatic heterocycles. The molecule has 33 heavy (non-hydrogen) atoms. The zero-order valence-corrected chi connectivity index (χ0v) is 17.9. The Hall–Kier alpha value is -3.62. The summed E-state index contributed by atoms with van der Waals surface area (Å²) >= 11 is 0. The van der Waals surface area contributed by atoms with Gasteiger partial charge in [0.2, 0.25) is 11.5 Å². The van der Waals surface area contributed by atoms with E-state index in [9.17, 15) is 14.7 Å². The number of amides is 1. The van der Waals surface area contributed by atoms with Crippen molar-refractivity contribution in [2.45, 2.75) is 12.0 Å². The van der Waals surface area contributed by atoms with Gasteiger partial charge in [0.1, 0.15) is 6.61 Å². The van der Waals surface area contributed by atoms with E-state index in [2.05, 4.69) is 20.8 Å². The number of ether oxygens (including phenoxy) is 1. The third-order valence-corrected chi connectivity index (χ3v) is 6.44. The molecule has 1 amide bonds. The van der Waals surface area contributed by atoms with Gasteiger partial charge in [-0.3, -0.25) is 4.79 Å². The van der Waals surface area contributed by atoms with Crippen LogP contribution in [0.25, 0.3) is 11.1 Å². The second-order valence-electron chi connectivity index (χ2n) is 8.36. The molecule has 8 heteroatoms. The first-order valence-corrected chi connectivity index (χ1v) is 11.0. The monoisotopic (exact) mass is 444 g/mol. The Morgan fingerprint density at radius 3 is 2.39 bits per heavy atom. The van der Waals surface area contributed by atoms with Crippen molar-refractivity contribution in [3.63, 3.8) is 0 Å². The molecular formula is C25H24N4O4. The fraction of sp³-hybridized carbons (Fsp3) is 0.280. The van der Waals surface area contributed by atoms with Crippen LogP contribution in [0.4, 0.5) is 5.82 Å². The minimum Gasteiger partial charge on any atom is -0.462 e. The van der Waals surface area contributed by atoms with E-state index in [1.807, 2.05) is 24.3 Å². The van der Waals surface area contributed by atoms with Crippen LogP contribution in [0.2, 0.25) is 0 Å². The second-order valence-corrected chi connectivity index (χ2v) is 8.36. The summed E-state index contributed by atoms with van der Waals surface area (Å²) < 4.78 is 5.66. The molecule has 3 N–H and O–H groups in total. The lowest BCUT2D eigenvalue weighted by atomic mass is 9.90. The van der Waals surface area contributed by atoms with E-state index in [1.54, 1.807) is 36.4 Å². The van der Waals surface area contributed by atoms with Crippen molar-refractivity contribution in [3.8, 4) is 11.1 Å². The van der Waals surface area contributed by atoms with Gasteiger partial charge in [-0.2, -0.15) is 5.10 Å². The number of nitrogens with one attached hydrogen (secondary N) is 2. The molecule has 1 aliphatic heterocycles. The number of esters is 1. The average Bonchev–Trinajstić information content (AvgIpc) is 3.47. The largest absolute Gasteiger partial charge is 0.462 e. The highest BCUT2D eigenvalue weighted by Gasteiger charge is 2.49. The molecule has 1 aliphatic carbocycles. The maximum atomic E-state index is 13.4. The summed E-state index contributed by atoms with van der Waals surface area (Å²) in [7, 11) is 0. The Balaban J connectivity index is 1.38. The van der Waals surface area contributed by atoms with Gasteiger partial charge in [-0.1, -0.05) is 48.5 Å². The number of carbonyl (C=O) groups is 2. The van der Waals surface area contributed by atoms with Gasteiger partial charge in [0.05, 0.1) is 5.92 Å². The number of hydrogen-bond donors (Lipinski definition) is 3. The first kappa shape index (κ1) is 21.2. The van der Waals surface area contributed by atoms with Crippen molar-refractivity contribution < 1.29 is 19.4 Å². The van der Waals surface area contributed by atoms with Gasteiger partial charge in [0.15, 0.2) is 5.82 Å². The number of aliphatic hydroxyl groups is 1. The Labute approximate surface area is 191 Å². The smallest absolute Gasteiger partial charge is 0.347 e. The number of benzene rings is 2. The number of anilines is 1. The summed E-state index contributed by atoms with van der Waals surface area (Å²) in [6.45, 7) is 1.29. The van der Waals surface area contributed by atoms with Crippen LogP contribution in [0, 0.1) is 11.8 Å². The highest BCUT2D eigenvalue weighted by atomic mass is 16.5. The molecule has 168 valence electrons. The number of rotatable bonds is 6. The molecule has 0 radical (unpaired) electrons. The van der Waals surface area contributed by atoms with Gasteiger partial charge in [-0.05, 0) is 48.7 Å². The van der Waals surface area contributed by atoms with E-state index in [4.69, 9.17) is 4.74 Å². The predicted molar refractivity (Wildman–Crippen MR) is 121 cm³/mol. The number of carbonyl (C=O) groups excluding carboxylic acids is 2. The van der Waals surface area contributed by atoms with Crippen LogP contribution >= 0.6 is 0 Å². The number of fused-ring (bicyclic) bond motifs is 3. The van der Waals surface area contributed by atoms with Crippen molar-refractivity contribution >= 4 is 17.7 Å². The van der Waals surface area contributed by atoms with E-state index < -0.39 is 17.5 Å². The van der Waals surface area contributed by atoms with Crippen LogP contribution in [0.5, 0.6) is 0 Å². The molecule has 2 atom stereocenters. The molecule has 0 bridgehead atoms. The predicted octanol–water partition coefficient (Wildman–Crippen LogP) is 2.10. The first-order chi connectivity index (χ1) is 16.1. The molecule has 8 nitrogen and oxygen atoms in total. The molecule has 2 heterocycles. The van der Waals surface area contributed by atoms with Crippen LogP contribution in [0.15, 0.2) is 66.9 Å². The summed E-state index contributed by atoms with van der Waals surface area (Å²) in [5.41, 5.74) is 0.639. The second kappa shape index (κ2) is 8.73. The van der Waals surface area contributed by atoms with Crippen LogP contribution in [0.3, 0.4) is 0 Å². The zero-order valence-electron chi connectivity index (χ0n) is 17.9. The topological polar surface area (TPSA) is 113 Å². The van der Waals surface area contributed by atoms with Crippen molar-refractivity contribution in [2.24, 2.45) is 11.8 Å². The Kier molecular flexibility index (Phi) is 5.62. The molecule has 1 saturated heterocycles. The molecule has 5 rings (SSSR count). The lowest BCUT2D eigenvalue weighted by Crippen LogP contribution is -2.40. The minimum absolute atomic E-state index is 0.00716. The summed E-state index contributed by atoms with van der Waals surface area (Å²) in [4.78, 5) is 26.4. The van der Waals surface area contributed by atoms with E-state index in [0.29, 0.717) is 23.5 Å². The molecule has 1 fully saturated rings. The van der Waals surface area contributed by atoms with E-state index in [1.165, 1.54) is 6.20 Å². The quantitative estimate of drug-likeness (QED) is 0.499. The lowest BCUT2D eigenvalue weighted by molar-refractivity contribution is -0.164. The van der Waals surface area contributed by atoms with Gasteiger partial charge >= 0.3 is 5.97 Å². The maximum Gasteiger partial charge on any atom is 0.347 e. The maximum absolute atomic E-state index is 13.4. The van der Waals surface area contributed by atoms with E-state index in [-0.39, 0.29) is 18.4 Å². The van der Waals surface area contributed by atoms with Crippen LogP contribution in [-0.4, -0.2) is 46.9 Å². The van der Waals surface area contributed by atoms with Gasteiger partial charge in [0.25, 0.3) is 0 Å². The zero-order chi connectivity index (χ0) is 22.8. The Bertz CT molecular complexity index is 1130. The number of nitrogens with zero attached hydrogens (tertiary/aromatic N) is 2. The Morgan fingerprint density at radius 2 is 1.79 bits per heavy atom. The fourth-order valence-corrected chi connectivity index (χ4v) is 4.74. The van der Waals surface area contributed by atoms with Gasteiger partial charge in [0, 0.05) is 17.3 Å². The third-order valence-electron chi connectivity index (χ3n) is 6.44. The van der Waals surface area contributed by atoms with E-state index >= 15 is 0 Å². The lowest BCUT2D eigenvalue weighted by Gasteiger charge is -2.26. The summed E-state index contributed by atoms with van der Waals surface area (Å²) in [6.07, 6.45) is 2.31. The van der Waals surface area contributed by atoms with Crippen LogP contribution < -0.4 is 10.6 Å². The summed E-state index contributed by atoms with van der Waals surface area (Å²) in [6, 6.07) is 17.8. The number of aromatic nitrogens is 2. The number of hydrogen-bond acceptors (Lipinski definition) is 7. The molecule has 2 aromatic carbocycles. The standard InChI is InChI=1S/C25H24N4O4/c30-23(28-22-10-5-12-27-29-22)19(16-11-13-26-14-16)15-33-24(31)25(32)20-8-3-1-6-17(20)18-7-2-4-9-21(18)25/h1-10,12,16,19,26,32H,11,13-15H2,(H,28,29,30)/t16-,19?/m0/s1. The van der Waals surface area contributed by atoms with Gasteiger partial charge in [-0.25, -0.2) is 4.79 Å². The van der Waals surface area contributed by atoms with Crippen molar-refractivity contribution in [1.82, 2.24) is 15.5 Å². The molecule has 0 saturated carbocycles. The highest BCUT2D eigenvalue weighted by molar-refractivity contribution is 5.96. The van der Waals surface area contributed by atoms with Crippen LogP contribution in [0.1, 0.15) is 17.5 Å². The average molecular weight is 444 g/mol. The molecule has 3 aromatic rings. The molecule has 1 unspecified atom stereocenters. The van der Waals surface area contributed by atoms with E-state index in [0.717, 1.165) is 24.1 Å². The van der Waals surface area contributed by atoms with Crippen LogP contribution in [-0.2, 0) is 19.9 Å². The Morgan fingerprint density at radius 1 is 1.09 bits per heavy atom. The molecular weight excluding hydrogens is 420 g/mol. The summed E-state index contributed by atoms with van der Waals surface area (Å²) in [5, 5.41) is 25.3. The van der Waals surface area contributed by atoms with Crippen molar-refractivity contribution in [3.05, 3.63) is 78.0 Å².